The number of ketones is 3. The van der Waals surface area contributed by atoms with Crippen molar-refractivity contribution >= 4 is 23.3 Å². The fourth-order valence-corrected chi connectivity index (χ4v) is 2.19. The van der Waals surface area contributed by atoms with E-state index in [-0.39, 0.29) is 93.0 Å². The van der Waals surface area contributed by atoms with Gasteiger partial charge in [-0.25, -0.2) is 4.79 Å². The van der Waals surface area contributed by atoms with Crippen molar-refractivity contribution < 1.29 is 85.1 Å². The second kappa shape index (κ2) is 22.7. The summed E-state index contributed by atoms with van der Waals surface area (Å²) in [6.45, 7) is 24.7. The van der Waals surface area contributed by atoms with Crippen LogP contribution in [-0.4, -0.2) is 47.7 Å². The number of hydrogen-bond donors (Lipinski definition) is 0. The molecule has 1 aliphatic heterocycles. The third-order valence-electron chi connectivity index (χ3n) is 4.23. The first kappa shape index (κ1) is 42.9. The van der Waals surface area contributed by atoms with Crippen molar-refractivity contribution in [2.75, 3.05) is 13.2 Å². The smallest absolute Gasteiger partial charge is 0.850 e. The van der Waals surface area contributed by atoms with E-state index in [2.05, 4.69) is 6.58 Å². The first-order valence-electron chi connectivity index (χ1n) is 12.4. The summed E-state index contributed by atoms with van der Waals surface area (Å²) >= 11 is 0. The van der Waals surface area contributed by atoms with Gasteiger partial charge >= 0.3 is 57.4 Å². The van der Waals surface area contributed by atoms with E-state index in [4.69, 9.17) is 9.47 Å². The van der Waals surface area contributed by atoms with Gasteiger partial charge in [0, 0.05) is 37.0 Å². The molecule has 0 aromatic heterocycles. The van der Waals surface area contributed by atoms with Crippen molar-refractivity contribution in [3.63, 3.8) is 0 Å². The van der Waals surface area contributed by atoms with Crippen LogP contribution in [-0.2, 0) is 28.7 Å². The third kappa shape index (κ3) is 35.9. The summed E-state index contributed by atoms with van der Waals surface area (Å²) in [5.74, 6) is 0.365. The zero-order valence-electron chi connectivity index (χ0n) is 25.2. The van der Waals surface area contributed by atoms with Gasteiger partial charge in [0.25, 0.3) is 0 Å². The SMILES string of the molecule is C1CCOC1.C=C(C)C(=O)OC(C)(C)C.CC(C)(C)[O-].CC1CC(C)C(=O)CC1=O.CCC(C)=O.[K+]. The Kier molecular flexibility index (Phi) is 27.1. The zero-order chi connectivity index (χ0) is 28.4. The van der Waals surface area contributed by atoms with Crippen molar-refractivity contribution in [3.8, 4) is 0 Å². The predicted octanol–water partition coefficient (Wildman–Crippen LogP) is 2.03. The molecule has 0 radical (unpaired) electrons. The molecule has 1 aliphatic carbocycles. The van der Waals surface area contributed by atoms with E-state index in [1.54, 1.807) is 34.6 Å². The largest absolute Gasteiger partial charge is 1.00 e. The van der Waals surface area contributed by atoms with E-state index in [0.29, 0.717) is 12.0 Å². The van der Waals surface area contributed by atoms with Crippen molar-refractivity contribution in [3.05, 3.63) is 12.2 Å². The van der Waals surface area contributed by atoms with Crippen LogP contribution in [0.5, 0.6) is 0 Å². The molecule has 2 atom stereocenters. The summed E-state index contributed by atoms with van der Waals surface area (Å²) in [6, 6.07) is 0. The normalized spacial score (nSPS) is 18.7. The van der Waals surface area contributed by atoms with Gasteiger partial charge in [-0.2, -0.15) is 0 Å². The van der Waals surface area contributed by atoms with Gasteiger partial charge in [0.05, 0.1) is 6.42 Å². The fourth-order valence-electron chi connectivity index (χ4n) is 2.19. The van der Waals surface area contributed by atoms with Crippen LogP contribution in [0.1, 0.15) is 108 Å². The molecule has 0 amide bonds. The number of Topliss-reactive ketones (excluding diaryl/α,β-unsaturated/α-hetero) is 3. The Morgan fingerprint density at radius 2 is 1.31 bits per heavy atom. The number of ether oxygens (including phenoxy) is 2. The molecule has 8 heteroatoms. The minimum absolute atomic E-state index is 0. The molecule has 7 nitrogen and oxygen atoms in total. The topological polar surface area (TPSA) is 110 Å². The average Bonchev–Trinajstić information content (AvgIpc) is 3.25. The Bertz CT molecular complexity index is 622. The van der Waals surface area contributed by atoms with Gasteiger partial charge in [-0.1, -0.05) is 48.1 Å². The first-order chi connectivity index (χ1) is 15.7. The maximum Gasteiger partial charge on any atom is 1.00 e. The van der Waals surface area contributed by atoms with E-state index in [1.165, 1.54) is 12.8 Å². The van der Waals surface area contributed by atoms with E-state index in [0.717, 1.165) is 19.6 Å². The Balaban J connectivity index is -0.000000184. The van der Waals surface area contributed by atoms with Gasteiger partial charge in [0.2, 0.25) is 0 Å². The summed E-state index contributed by atoms with van der Waals surface area (Å²) in [4.78, 5) is 42.5. The quantitative estimate of drug-likeness (QED) is 0.229. The molecule has 206 valence electrons. The molecule has 2 unspecified atom stereocenters. The van der Waals surface area contributed by atoms with Gasteiger partial charge in [-0.05, 0) is 53.9 Å². The monoisotopic (exact) mass is 538 g/mol. The van der Waals surface area contributed by atoms with E-state index < -0.39 is 11.2 Å². The van der Waals surface area contributed by atoms with Crippen molar-refractivity contribution in [1.29, 1.82) is 0 Å². The van der Waals surface area contributed by atoms with Gasteiger partial charge in [0.15, 0.2) is 0 Å². The van der Waals surface area contributed by atoms with Crippen LogP contribution in [0.4, 0.5) is 0 Å². The van der Waals surface area contributed by atoms with E-state index in [1.807, 2.05) is 41.5 Å². The van der Waals surface area contributed by atoms with Crippen LogP contribution in [0.2, 0.25) is 0 Å². The summed E-state index contributed by atoms with van der Waals surface area (Å²) in [5, 5.41) is 10.1. The molecule has 1 saturated heterocycles. The fraction of sp³-hybridized carbons (Fsp3) is 0.786. The molecule has 2 fully saturated rings. The van der Waals surface area contributed by atoms with E-state index >= 15 is 0 Å². The van der Waals surface area contributed by atoms with Crippen molar-refractivity contribution in [2.24, 2.45) is 11.8 Å². The molecule has 0 spiro atoms. The van der Waals surface area contributed by atoms with Crippen molar-refractivity contribution in [2.45, 2.75) is 119 Å². The second-order valence-corrected chi connectivity index (χ2v) is 10.9. The molecule has 1 heterocycles. The molecule has 0 aromatic rings. The van der Waals surface area contributed by atoms with Gasteiger partial charge in [-0.3, -0.25) is 9.59 Å². The maximum atomic E-state index is 10.9. The van der Waals surface area contributed by atoms with Crippen LogP contribution in [0.25, 0.3) is 0 Å². The standard InChI is InChI=1S/C8H12O2.C8H14O2.C4H8O.C4H9O.C4H8O.K/c1-5-3-6(2)8(10)4-7(5)9;1-6(2)7(9)10-8(3,4)5;1-2-4-5-3-1;1-4(2,3)5;1-3-4(2)5;/h5-6H,3-4H2,1-2H3;1H2,2-5H3;1-4H2;1-3H3;3H2,1-2H3;/q;;;-1;;+1. The summed E-state index contributed by atoms with van der Waals surface area (Å²) in [6.07, 6.45) is 4.14. The van der Waals surface area contributed by atoms with E-state index in [9.17, 15) is 24.3 Å². The van der Waals surface area contributed by atoms with Crippen LogP contribution in [0.3, 0.4) is 0 Å². The maximum absolute atomic E-state index is 10.9. The summed E-state index contributed by atoms with van der Waals surface area (Å²) in [5.41, 5.74) is -0.717. The number of carbonyl (C=O) groups excluding carboxylic acids is 4. The van der Waals surface area contributed by atoms with Crippen LogP contribution in [0, 0.1) is 11.8 Å². The molecule has 2 rings (SSSR count). The number of esters is 1. The number of rotatable bonds is 2. The minimum atomic E-state index is -0.750. The molecular formula is C28H51KO7. The van der Waals surface area contributed by atoms with Gasteiger partial charge in [0.1, 0.15) is 23.0 Å². The summed E-state index contributed by atoms with van der Waals surface area (Å²) in [7, 11) is 0. The Hall–Kier alpha value is -0.224. The second-order valence-electron chi connectivity index (χ2n) is 10.9. The third-order valence-corrected chi connectivity index (χ3v) is 4.23. The molecule has 36 heavy (non-hydrogen) atoms. The zero-order valence-corrected chi connectivity index (χ0v) is 28.3. The Labute approximate surface area is 263 Å². The molecule has 0 N–H and O–H groups in total. The van der Waals surface area contributed by atoms with Gasteiger partial charge < -0.3 is 19.4 Å². The summed E-state index contributed by atoms with van der Waals surface area (Å²) < 4.78 is 9.91. The van der Waals surface area contributed by atoms with Crippen molar-refractivity contribution in [1.82, 2.24) is 0 Å². The Morgan fingerprint density at radius 1 is 0.972 bits per heavy atom. The van der Waals surface area contributed by atoms with Crippen LogP contribution in [0.15, 0.2) is 12.2 Å². The number of carbonyl (C=O) groups is 4. The van der Waals surface area contributed by atoms with Crippen LogP contribution >= 0.6 is 0 Å². The predicted molar refractivity (Wildman–Crippen MR) is 139 cm³/mol. The molecule has 1 saturated carbocycles. The molecule has 0 aromatic carbocycles. The minimum Gasteiger partial charge on any atom is -0.850 e. The molecular weight excluding hydrogens is 487 g/mol. The first-order valence-corrected chi connectivity index (χ1v) is 12.4. The molecule has 0 bridgehead atoms. The number of hydrogen-bond acceptors (Lipinski definition) is 7. The van der Waals surface area contributed by atoms with Gasteiger partial charge in [-0.15, -0.1) is 5.60 Å². The average molecular weight is 539 g/mol. The Morgan fingerprint density at radius 3 is 1.44 bits per heavy atom. The molecule has 2 aliphatic rings. The van der Waals surface area contributed by atoms with Crippen LogP contribution < -0.4 is 56.5 Å².